The van der Waals surface area contributed by atoms with E-state index in [0.29, 0.717) is 16.1 Å². The number of fused-ring (bicyclic) bond motifs is 1. The van der Waals surface area contributed by atoms with E-state index in [4.69, 9.17) is 9.47 Å². The standard InChI is InChI=1S/C20H19FN2O3S/c1-25-19(26-2)12-22-20(24)16-11-18(23-17-6-4-3-5-15(16)17)27-14-9-7-13(21)8-10-14/h3-11,19H,12H2,1-2H3,(H,22,24). The molecule has 3 aromatic rings. The van der Waals surface area contributed by atoms with Crippen molar-refractivity contribution in [3.05, 3.63) is 66.0 Å². The van der Waals surface area contributed by atoms with Crippen molar-refractivity contribution >= 4 is 28.6 Å². The van der Waals surface area contributed by atoms with E-state index in [1.807, 2.05) is 24.3 Å². The van der Waals surface area contributed by atoms with Gasteiger partial charge in [-0.05, 0) is 36.4 Å². The lowest BCUT2D eigenvalue weighted by Crippen LogP contribution is -2.34. The van der Waals surface area contributed by atoms with Crippen molar-refractivity contribution in [2.24, 2.45) is 0 Å². The van der Waals surface area contributed by atoms with Crippen LogP contribution in [0.2, 0.25) is 0 Å². The SMILES string of the molecule is COC(CNC(=O)c1cc(Sc2ccc(F)cc2)nc2ccccc12)OC. The van der Waals surface area contributed by atoms with Crippen LogP contribution in [0.4, 0.5) is 4.39 Å². The molecule has 0 aliphatic heterocycles. The first-order chi connectivity index (χ1) is 13.1. The molecular weight excluding hydrogens is 367 g/mol. The molecule has 0 aliphatic rings. The maximum Gasteiger partial charge on any atom is 0.252 e. The summed E-state index contributed by atoms with van der Waals surface area (Å²) in [5.74, 6) is -0.537. The summed E-state index contributed by atoms with van der Waals surface area (Å²) in [6, 6.07) is 15.3. The molecule has 1 heterocycles. The molecule has 0 unspecified atom stereocenters. The Labute approximate surface area is 160 Å². The van der Waals surface area contributed by atoms with Crippen LogP contribution in [0.1, 0.15) is 10.4 Å². The van der Waals surface area contributed by atoms with Gasteiger partial charge in [0.05, 0.1) is 17.6 Å². The molecule has 7 heteroatoms. The van der Waals surface area contributed by atoms with Crippen LogP contribution < -0.4 is 5.32 Å². The Morgan fingerprint density at radius 1 is 1.15 bits per heavy atom. The second-order valence-electron chi connectivity index (χ2n) is 5.69. The third-order valence-corrected chi connectivity index (χ3v) is 4.85. The van der Waals surface area contributed by atoms with Crippen LogP contribution in [0.25, 0.3) is 10.9 Å². The highest BCUT2D eigenvalue weighted by Crippen LogP contribution is 2.29. The number of aromatic nitrogens is 1. The highest BCUT2D eigenvalue weighted by molar-refractivity contribution is 7.99. The second-order valence-corrected chi connectivity index (χ2v) is 6.79. The lowest BCUT2D eigenvalue weighted by molar-refractivity contribution is -0.0974. The maximum absolute atomic E-state index is 13.1. The number of rotatable bonds is 7. The molecular formula is C20H19FN2O3S. The van der Waals surface area contributed by atoms with Crippen molar-refractivity contribution in [2.45, 2.75) is 16.2 Å². The molecule has 0 radical (unpaired) electrons. The van der Waals surface area contributed by atoms with Gasteiger partial charge >= 0.3 is 0 Å². The lowest BCUT2D eigenvalue weighted by atomic mass is 10.1. The molecule has 140 valence electrons. The zero-order valence-corrected chi connectivity index (χ0v) is 15.8. The van der Waals surface area contributed by atoms with Gasteiger partial charge in [-0.2, -0.15) is 0 Å². The van der Waals surface area contributed by atoms with Crippen LogP contribution in [0, 0.1) is 5.82 Å². The summed E-state index contributed by atoms with van der Waals surface area (Å²) in [7, 11) is 3.03. The number of carbonyl (C=O) groups excluding carboxylic acids is 1. The predicted octanol–water partition coefficient (Wildman–Crippen LogP) is 3.87. The minimum Gasteiger partial charge on any atom is -0.354 e. The largest absolute Gasteiger partial charge is 0.354 e. The number of pyridine rings is 1. The quantitative estimate of drug-likeness (QED) is 0.625. The van der Waals surface area contributed by atoms with Crippen LogP contribution in [0.5, 0.6) is 0 Å². The smallest absolute Gasteiger partial charge is 0.252 e. The van der Waals surface area contributed by atoms with Crippen molar-refractivity contribution in [1.29, 1.82) is 0 Å². The highest BCUT2D eigenvalue weighted by Gasteiger charge is 2.15. The zero-order valence-electron chi connectivity index (χ0n) is 14.9. The number of methoxy groups -OCH3 is 2. The Morgan fingerprint density at radius 2 is 1.85 bits per heavy atom. The molecule has 3 rings (SSSR count). The fourth-order valence-corrected chi connectivity index (χ4v) is 3.38. The fourth-order valence-electron chi connectivity index (χ4n) is 2.55. The highest BCUT2D eigenvalue weighted by atomic mass is 32.2. The van der Waals surface area contributed by atoms with Gasteiger partial charge in [0.25, 0.3) is 5.91 Å². The van der Waals surface area contributed by atoms with Gasteiger partial charge in [-0.3, -0.25) is 4.79 Å². The number of nitrogens with zero attached hydrogens (tertiary/aromatic N) is 1. The average Bonchev–Trinajstić information content (AvgIpc) is 2.69. The van der Waals surface area contributed by atoms with Gasteiger partial charge in [0.1, 0.15) is 10.8 Å². The number of carbonyl (C=O) groups is 1. The first-order valence-corrected chi connectivity index (χ1v) is 9.09. The summed E-state index contributed by atoms with van der Waals surface area (Å²) in [4.78, 5) is 18.2. The first kappa shape index (κ1) is 19.3. The molecule has 0 saturated carbocycles. The Bertz CT molecular complexity index is 930. The second kappa shape index (κ2) is 8.94. The monoisotopic (exact) mass is 386 g/mol. The summed E-state index contributed by atoms with van der Waals surface area (Å²) in [5, 5.41) is 4.22. The predicted molar refractivity (Wildman–Crippen MR) is 102 cm³/mol. The molecule has 27 heavy (non-hydrogen) atoms. The summed E-state index contributed by atoms with van der Waals surface area (Å²) in [6.07, 6.45) is -0.518. The molecule has 0 saturated heterocycles. The van der Waals surface area contributed by atoms with E-state index < -0.39 is 6.29 Å². The molecule has 0 spiro atoms. The van der Waals surface area contributed by atoms with Crippen LogP contribution in [0.15, 0.2) is 64.5 Å². The van der Waals surface area contributed by atoms with Crippen molar-refractivity contribution in [3.8, 4) is 0 Å². The summed E-state index contributed by atoms with van der Waals surface area (Å²) in [6.45, 7) is 0.225. The lowest BCUT2D eigenvalue weighted by Gasteiger charge is -2.15. The molecule has 0 fully saturated rings. The van der Waals surface area contributed by atoms with Crippen molar-refractivity contribution < 1.29 is 18.7 Å². The Kier molecular flexibility index (Phi) is 6.39. The van der Waals surface area contributed by atoms with Gasteiger partial charge < -0.3 is 14.8 Å². The van der Waals surface area contributed by atoms with Crippen LogP contribution in [-0.4, -0.2) is 37.9 Å². The Hall–Kier alpha value is -2.48. The number of hydrogen-bond donors (Lipinski definition) is 1. The van der Waals surface area contributed by atoms with Gasteiger partial charge in [-0.1, -0.05) is 30.0 Å². The number of nitrogens with one attached hydrogen (secondary N) is 1. The minimum atomic E-state index is -0.518. The number of hydrogen-bond acceptors (Lipinski definition) is 5. The number of benzene rings is 2. The number of ether oxygens (including phenoxy) is 2. The molecule has 1 amide bonds. The van der Waals surface area contributed by atoms with Crippen LogP contribution in [-0.2, 0) is 9.47 Å². The third-order valence-electron chi connectivity index (χ3n) is 3.93. The van der Waals surface area contributed by atoms with E-state index in [1.54, 1.807) is 18.2 Å². The number of para-hydroxylation sites is 1. The van der Waals surface area contributed by atoms with E-state index in [0.717, 1.165) is 10.3 Å². The maximum atomic E-state index is 13.1. The van der Waals surface area contributed by atoms with Crippen molar-refractivity contribution in [2.75, 3.05) is 20.8 Å². The molecule has 0 atom stereocenters. The normalized spacial score (nSPS) is 11.1. The first-order valence-electron chi connectivity index (χ1n) is 8.27. The molecule has 1 N–H and O–H groups in total. The Balaban J connectivity index is 1.90. The third kappa shape index (κ3) is 4.82. The topological polar surface area (TPSA) is 60.5 Å². The van der Waals surface area contributed by atoms with Gasteiger partial charge in [-0.15, -0.1) is 0 Å². The number of amides is 1. The van der Waals surface area contributed by atoms with Gasteiger partial charge in [0.15, 0.2) is 6.29 Å². The molecule has 2 aromatic carbocycles. The van der Waals surface area contributed by atoms with E-state index in [9.17, 15) is 9.18 Å². The van der Waals surface area contributed by atoms with Crippen molar-refractivity contribution in [1.82, 2.24) is 10.3 Å². The molecule has 0 bridgehead atoms. The van der Waals surface area contributed by atoms with Crippen LogP contribution >= 0.6 is 11.8 Å². The van der Waals surface area contributed by atoms with E-state index in [1.165, 1.54) is 38.1 Å². The van der Waals surface area contributed by atoms with E-state index >= 15 is 0 Å². The Morgan fingerprint density at radius 3 is 2.56 bits per heavy atom. The van der Waals surface area contributed by atoms with Crippen LogP contribution in [0.3, 0.4) is 0 Å². The van der Waals surface area contributed by atoms with E-state index in [-0.39, 0.29) is 18.3 Å². The number of halogens is 1. The van der Waals surface area contributed by atoms with Crippen molar-refractivity contribution in [3.63, 3.8) is 0 Å². The summed E-state index contributed by atoms with van der Waals surface area (Å²) >= 11 is 1.37. The minimum absolute atomic E-state index is 0.225. The summed E-state index contributed by atoms with van der Waals surface area (Å²) in [5.41, 5.74) is 1.22. The van der Waals surface area contributed by atoms with Gasteiger partial charge in [0.2, 0.25) is 0 Å². The fraction of sp³-hybridized carbons (Fsp3) is 0.200. The van der Waals surface area contributed by atoms with Gasteiger partial charge in [-0.25, -0.2) is 9.37 Å². The molecule has 1 aromatic heterocycles. The summed E-state index contributed by atoms with van der Waals surface area (Å²) < 4.78 is 23.3. The molecule has 0 aliphatic carbocycles. The zero-order chi connectivity index (χ0) is 19.2. The van der Waals surface area contributed by atoms with Gasteiger partial charge in [0, 0.05) is 24.5 Å². The van der Waals surface area contributed by atoms with E-state index in [2.05, 4.69) is 10.3 Å². The average molecular weight is 386 g/mol. The molecule has 5 nitrogen and oxygen atoms in total.